The van der Waals surface area contributed by atoms with Crippen molar-refractivity contribution in [3.05, 3.63) is 41.5 Å². The van der Waals surface area contributed by atoms with E-state index < -0.39 is 11.9 Å². The van der Waals surface area contributed by atoms with Crippen LogP contribution >= 0.6 is 0 Å². The molecule has 3 rings (SSSR count). The highest BCUT2D eigenvalue weighted by Crippen LogP contribution is 2.44. The van der Waals surface area contributed by atoms with Gasteiger partial charge in [-0.05, 0) is 54.8 Å². The summed E-state index contributed by atoms with van der Waals surface area (Å²) >= 11 is 0. The lowest BCUT2D eigenvalue weighted by molar-refractivity contribution is -0.143. The number of piperidine rings is 1. The van der Waals surface area contributed by atoms with Gasteiger partial charge in [0.25, 0.3) is 0 Å². The number of hydrogen-bond acceptors (Lipinski definition) is 7. The predicted molar refractivity (Wildman–Crippen MR) is 119 cm³/mol. The van der Waals surface area contributed by atoms with E-state index in [2.05, 4.69) is 4.90 Å². The quantitative estimate of drug-likeness (QED) is 0.626. The highest BCUT2D eigenvalue weighted by Gasteiger charge is 2.33. The number of likely N-dealkylation sites (tertiary alicyclic amines) is 1. The molecule has 0 spiro atoms. The topological polar surface area (TPSA) is 86.7 Å². The van der Waals surface area contributed by atoms with Crippen molar-refractivity contribution in [1.29, 1.82) is 0 Å². The molecule has 0 aromatic heterocycles. The van der Waals surface area contributed by atoms with E-state index >= 15 is 0 Å². The lowest BCUT2D eigenvalue weighted by Crippen LogP contribution is -2.41. The van der Waals surface area contributed by atoms with Gasteiger partial charge in [-0.3, -0.25) is 9.69 Å². The van der Waals surface area contributed by atoms with E-state index in [0.29, 0.717) is 41.7 Å². The standard InChI is InChI=1S/C24H31NO7/c1-28-18-9-8-15(11-19(18)29-2)22(25-10-6-7-16(14-25)24(26)27)17-12-20(30-3)23(32-5)21(13-17)31-4/h8-9,11-13,16,22H,6-7,10,14H2,1-5H3,(H,26,27). The summed E-state index contributed by atoms with van der Waals surface area (Å²) < 4.78 is 27.6. The molecule has 0 radical (unpaired) electrons. The first kappa shape index (κ1) is 23.5. The molecule has 0 aliphatic carbocycles. The average molecular weight is 446 g/mol. The number of hydrogen-bond donors (Lipinski definition) is 1. The van der Waals surface area contributed by atoms with Crippen LogP contribution in [-0.2, 0) is 4.79 Å². The summed E-state index contributed by atoms with van der Waals surface area (Å²) in [5.74, 6) is 1.63. The van der Waals surface area contributed by atoms with Crippen molar-refractivity contribution < 1.29 is 33.6 Å². The Morgan fingerprint density at radius 3 is 2.00 bits per heavy atom. The summed E-state index contributed by atoms with van der Waals surface area (Å²) in [6, 6.07) is 9.33. The van der Waals surface area contributed by atoms with Gasteiger partial charge < -0.3 is 28.8 Å². The Labute approximate surface area is 188 Å². The Hall–Kier alpha value is -3.13. The highest BCUT2D eigenvalue weighted by molar-refractivity contribution is 5.70. The molecule has 2 unspecified atom stereocenters. The molecule has 0 amide bonds. The summed E-state index contributed by atoms with van der Waals surface area (Å²) in [6.45, 7) is 1.20. The Kier molecular flexibility index (Phi) is 7.69. The summed E-state index contributed by atoms with van der Waals surface area (Å²) in [7, 11) is 7.91. The van der Waals surface area contributed by atoms with Gasteiger partial charge in [0.15, 0.2) is 23.0 Å². The smallest absolute Gasteiger partial charge is 0.307 e. The van der Waals surface area contributed by atoms with E-state index in [1.54, 1.807) is 35.5 Å². The highest BCUT2D eigenvalue weighted by atomic mass is 16.5. The SMILES string of the molecule is COc1ccc(C(c2cc(OC)c(OC)c(OC)c2)N2CCCC(C(=O)O)C2)cc1OC. The molecule has 2 atom stereocenters. The maximum absolute atomic E-state index is 11.7. The third-order valence-electron chi connectivity index (χ3n) is 5.89. The normalized spacial score (nSPS) is 17.3. The number of ether oxygens (including phenoxy) is 5. The third-order valence-corrected chi connectivity index (χ3v) is 5.89. The van der Waals surface area contributed by atoms with Crippen LogP contribution in [-0.4, -0.2) is 64.6 Å². The number of nitrogens with zero attached hydrogens (tertiary/aromatic N) is 1. The van der Waals surface area contributed by atoms with E-state index in [9.17, 15) is 9.90 Å². The molecule has 174 valence electrons. The van der Waals surface area contributed by atoms with Crippen LogP contribution in [0.1, 0.15) is 30.0 Å². The number of rotatable bonds is 9. The molecule has 1 saturated heterocycles. The van der Waals surface area contributed by atoms with Crippen LogP contribution in [0, 0.1) is 5.92 Å². The number of carboxylic acid groups (broad SMARTS) is 1. The Bertz CT molecular complexity index is 921. The molecule has 1 fully saturated rings. The fourth-order valence-corrected chi connectivity index (χ4v) is 4.34. The summed E-state index contributed by atoms with van der Waals surface area (Å²) in [4.78, 5) is 13.9. The lowest BCUT2D eigenvalue weighted by Gasteiger charge is -2.38. The van der Waals surface area contributed by atoms with Crippen LogP contribution in [0.5, 0.6) is 28.7 Å². The van der Waals surface area contributed by atoms with Crippen molar-refractivity contribution >= 4 is 5.97 Å². The minimum absolute atomic E-state index is 0.245. The van der Waals surface area contributed by atoms with Crippen molar-refractivity contribution in [2.24, 2.45) is 5.92 Å². The molecule has 2 aromatic rings. The monoisotopic (exact) mass is 445 g/mol. The zero-order chi connectivity index (χ0) is 23.3. The molecule has 1 heterocycles. The van der Waals surface area contributed by atoms with Crippen molar-refractivity contribution in [2.45, 2.75) is 18.9 Å². The summed E-state index contributed by atoms with van der Waals surface area (Å²) in [5, 5.41) is 9.64. The number of carbonyl (C=O) groups is 1. The van der Waals surface area contributed by atoms with E-state index in [1.807, 2.05) is 30.3 Å². The molecule has 1 aliphatic rings. The summed E-state index contributed by atoms with van der Waals surface area (Å²) in [5.41, 5.74) is 1.85. The van der Waals surface area contributed by atoms with Gasteiger partial charge in [-0.25, -0.2) is 0 Å². The largest absolute Gasteiger partial charge is 0.493 e. The average Bonchev–Trinajstić information content (AvgIpc) is 2.83. The van der Waals surface area contributed by atoms with Crippen molar-refractivity contribution in [3.8, 4) is 28.7 Å². The Balaban J connectivity index is 2.16. The van der Waals surface area contributed by atoms with Gasteiger partial charge in [0.2, 0.25) is 5.75 Å². The number of carboxylic acids is 1. The second kappa shape index (κ2) is 10.5. The second-order valence-corrected chi connectivity index (χ2v) is 7.65. The van der Waals surface area contributed by atoms with Crippen LogP contribution in [0.2, 0.25) is 0 Å². The van der Waals surface area contributed by atoms with E-state index in [4.69, 9.17) is 23.7 Å². The molecule has 1 N–H and O–H groups in total. The molecule has 8 nitrogen and oxygen atoms in total. The zero-order valence-electron chi connectivity index (χ0n) is 19.2. The first-order valence-electron chi connectivity index (χ1n) is 10.5. The van der Waals surface area contributed by atoms with E-state index in [1.165, 1.54) is 0 Å². The second-order valence-electron chi connectivity index (χ2n) is 7.65. The molecule has 1 aliphatic heterocycles. The van der Waals surface area contributed by atoms with E-state index in [0.717, 1.165) is 24.1 Å². The van der Waals surface area contributed by atoms with E-state index in [-0.39, 0.29) is 6.04 Å². The molecular weight excluding hydrogens is 414 g/mol. The lowest BCUT2D eigenvalue weighted by atomic mass is 9.91. The van der Waals surface area contributed by atoms with Gasteiger partial charge in [0.05, 0.1) is 47.5 Å². The van der Waals surface area contributed by atoms with Crippen LogP contribution in [0.4, 0.5) is 0 Å². The van der Waals surface area contributed by atoms with Crippen LogP contribution in [0.3, 0.4) is 0 Å². The fourth-order valence-electron chi connectivity index (χ4n) is 4.34. The predicted octanol–water partition coefficient (Wildman–Crippen LogP) is 3.62. The van der Waals surface area contributed by atoms with Gasteiger partial charge in [-0.2, -0.15) is 0 Å². The minimum atomic E-state index is -0.773. The van der Waals surface area contributed by atoms with Crippen molar-refractivity contribution in [2.75, 3.05) is 48.6 Å². The Morgan fingerprint density at radius 1 is 0.875 bits per heavy atom. The minimum Gasteiger partial charge on any atom is -0.493 e. The molecule has 2 aromatic carbocycles. The van der Waals surface area contributed by atoms with Gasteiger partial charge in [0, 0.05) is 6.54 Å². The van der Waals surface area contributed by atoms with Gasteiger partial charge in [-0.15, -0.1) is 0 Å². The number of methoxy groups -OCH3 is 5. The van der Waals surface area contributed by atoms with Crippen molar-refractivity contribution in [1.82, 2.24) is 4.90 Å². The Morgan fingerprint density at radius 2 is 1.47 bits per heavy atom. The zero-order valence-corrected chi connectivity index (χ0v) is 19.2. The molecule has 8 heteroatoms. The van der Waals surface area contributed by atoms with Crippen LogP contribution < -0.4 is 23.7 Å². The molecule has 32 heavy (non-hydrogen) atoms. The van der Waals surface area contributed by atoms with Gasteiger partial charge >= 0.3 is 5.97 Å². The first-order valence-corrected chi connectivity index (χ1v) is 10.5. The van der Waals surface area contributed by atoms with Crippen LogP contribution in [0.25, 0.3) is 0 Å². The molecule has 0 saturated carbocycles. The number of benzene rings is 2. The third kappa shape index (κ3) is 4.70. The van der Waals surface area contributed by atoms with Crippen molar-refractivity contribution in [3.63, 3.8) is 0 Å². The molecular formula is C24H31NO7. The maximum atomic E-state index is 11.7. The first-order chi connectivity index (χ1) is 15.5. The summed E-state index contributed by atoms with van der Waals surface area (Å²) in [6.07, 6.45) is 1.46. The fraction of sp³-hybridized carbons (Fsp3) is 0.458. The van der Waals surface area contributed by atoms with Gasteiger partial charge in [-0.1, -0.05) is 6.07 Å². The maximum Gasteiger partial charge on any atom is 0.307 e. The molecule has 0 bridgehead atoms. The number of aliphatic carboxylic acids is 1. The van der Waals surface area contributed by atoms with Crippen LogP contribution in [0.15, 0.2) is 30.3 Å². The van der Waals surface area contributed by atoms with Gasteiger partial charge in [0.1, 0.15) is 0 Å².